The quantitative estimate of drug-likeness (QED) is 0.737. The van der Waals surface area contributed by atoms with Crippen molar-refractivity contribution in [3.8, 4) is 0 Å². The Labute approximate surface area is 167 Å². The van der Waals surface area contributed by atoms with Crippen LogP contribution in [-0.2, 0) is 17.2 Å². The zero-order valence-corrected chi connectivity index (χ0v) is 16.2. The standard InChI is InChI=1S/C22H22FN3O3/c1-26-21(28)18-8-3-2-7-17(18)19(25-26)20(27)24-14-22(9-11-29-12-10-22)15-5-4-6-16(23)13-15/h2-8,13H,9-12,14H2,1H3,(H,24,27). The van der Waals surface area contributed by atoms with Gasteiger partial charge in [-0.05, 0) is 36.6 Å². The number of hydrogen-bond donors (Lipinski definition) is 1. The Bertz CT molecular complexity index is 1120. The second-order valence-corrected chi connectivity index (χ2v) is 7.41. The van der Waals surface area contributed by atoms with Gasteiger partial charge in [0.05, 0.1) is 5.39 Å². The predicted octanol–water partition coefficient (Wildman–Crippen LogP) is 2.55. The molecule has 4 rings (SSSR count). The van der Waals surface area contributed by atoms with E-state index in [0.717, 1.165) is 5.56 Å². The second kappa shape index (κ2) is 7.75. The number of fused-ring (bicyclic) bond motifs is 1. The number of nitrogens with zero attached hydrogens (tertiary/aromatic N) is 2. The lowest BCUT2D eigenvalue weighted by molar-refractivity contribution is 0.0485. The topological polar surface area (TPSA) is 73.2 Å². The van der Waals surface area contributed by atoms with Gasteiger partial charge in [0.25, 0.3) is 11.5 Å². The average molecular weight is 395 g/mol. The fourth-order valence-corrected chi connectivity index (χ4v) is 3.95. The Morgan fingerprint density at radius 1 is 1.17 bits per heavy atom. The SMILES string of the molecule is Cn1nc(C(=O)NCC2(c3cccc(F)c3)CCOCC2)c2ccccc2c1=O. The highest BCUT2D eigenvalue weighted by molar-refractivity contribution is 6.04. The molecule has 1 amide bonds. The molecule has 2 heterocycles. The van der Waals surface area contributed by atoms with Crippen LogP contribution in [0.4, 0.5) is 4.39 Å². The van der Waals surface area contributed by atoms with Crippen LogP contribution >= 0.6 is 0 Å². The summed E-state index contributed by atoms with van der Waals surface area (Å²) in [7, 11) is 1.53. The molecule has 150 valence electrons. The van der Waals surface area contributed by atoms with Gasteiger partial charge in [0.2, 0.25) is 0 Å². The smallest absolute Gasteiger partial charge is 0.274 e. The summed E-state index contributed by atoms with van der Waals surface area (Å²) in [6, 6.07) is 13.4. The predicted molar refractivity (Wildman–Crippen MR) is 107 cm³/mol. The number of rotatable bonds is 4. The number of nitrogens with one attached hydrogen (secondary N) is 1. The molecule has 1 aromatic heterocycles. The van der Waals surface area contributed by atoms with Gasteiger partial charge in [-0.25, -0.2) is 9.07 Å². The Hall–Kier alpha value is -3.06. The van der Waals surface area contributed by atoms with Crippen LogP contribution < -0.4 is 10.9 Å². The van der Waals surface area contributed by atoms with Crippen molar-refractivity contribution >= 4 is 16.7 Å². The van der Waals surface area contributed by atoms with Crippen LogP contribution in [-0.4, -0.2) is 35.4 Å². The summed E-state index contributed by atoms with van der Waals surface area (Å²) < 4.78 is 20.5. The van der Waals surface area contributed by atoms with Crippen molar-refractivity contribution in [3.05, 3.63) is 76.0 Å². The highest BCUT2D eigenvalue weighted by Gasteiger charge is 2.35. The number of halogens is 1. The van der Waals surface area contributed by atoms with Crippen LogP contribution in [0.25, 0.3) is 10.8 Å². The zero-order chi connectivity index (χ0) is 20.4. The molecule has 3 aromatic rings. The third-order valence-corrected chi connectivity index (χ3v) is 5.65. The fraction of sp³-hybridized carbons (Fsp3) is 0.318. The fourth-order valence-electron chi connectivity index (χ4n) is 3.95. The number of aromatic nitrogens is 2. The van der Waals surface area contributed by atoms with Crippen molar-refractivity contribution in [1.29, 1.82) is 0 Å². The molecule has 1 aliphatic heterocycles. The minimum absolute atomic E-state index is 0.198. The zero-order valence-electron chi connectivity index (χ0n) is 16.2. The maximum absolute atomic E-state index is 13.9. The first-order valence-electron chi connectivity index (χ1n) is 9.58. The Kier molecular flexibility index (Phi) is 5.15. The van der Waals surface area contributed by atoms with Crippen molar-refractivity contribution in [2.24, 2.45) is 7.05 Å². The monoisotopic (exact) mass is 395 g/mol. The Morgan fingerprint density at radius 3 is 2.62 bits per heavy atom. The van der Waals surface area contributed by atoms with E-state index in [0.29, 0.717) is 43.4 Å². The number of ether oxygens (including phenoxy) is 1. The summed E-state index contributed by atoms with van der Waals surface area (Å²) in [5.74, 6) is -0.663. The molecule has 1 fully saturated rings. The molecule has 2 aromatic carbocycles. The van der Waals surface area contributed by atoms with Gasteiger partial charge in [0.15, 0.2) is 5.69 Å². The van der Waals surface area contributed by atoms with Gasteiger partial charge in [-0.3, -0.25) is 9.59 Å². The molecule has 0 spiro atoms. The van der Waals surface area contributed by atoms with Gasteiger partial charge in [-0.1, -0.05) is 30.3 Å². The van der Waals surface area contributed by atoms with Gasteiger partial charge in [-0.2, -0.15) is 5.10 Å². The highest BCUT2D eigenvalue weighted by atomic mass is 19.1. The lowest BCUT2D eigenvalue weighted by Crippen LogP contribution is -2.45. The maximum atomic E-state index is 13.9. The molecule has 1 aliphatic rings. The summed E-state index contributed by atoms with van der Waals surface area (Å²) in [6.07, 6.45) is 1.36. The van der Waals surface area contributed by atoms with E-state index >= 15 is 0 Å². The van der Waals surface area contributed by atoms with E-state index in [1.165, 1.54) is 23.9 Å². The molecule has 7 heteroatoms. The Morgan fingerprint density at radius 2 is 1.90 bits per heavy atom. The summed E-state index contributed by atoms with van der Waals surface area (Å²) in [5, 5.41) is 8.11. The van der Waals surface area contributed by atoms with Crippen LogP contribution in [0.1, 0.15) is 28.9 Å². The van der Waals surface area contributed by atoms with E-state index in [1.807, 2.05) is 6.07 Å². The van der Waals surface area contributed by atoms with Crippen molar-refractivity contribution in [2.75, 3.05) is 19.8 Å². The van der Waals surface area contributed by atoms with E-state index < -0.39 is 5.41 Å². The first-order valence-corrected chi connectivity index (χ1v) is 9.58. The van der Waals surface area contributed by atoms with Crippen LogP contribution in [0.5, 0.6) is 0 Å². The van der Waals surface area contributed by atoms with E-state index in [4.69, 9.17) is 4.74 Å². The maximum Gasteiger partial charge on any atom is 0.274 e. The molecule has 29 heavy (non-hydrogen) atoms. The molecule has 0 aliphatic carbocycles. The van der Waals surface area contributed by atoms with Gasteiger partial charge < -0.3 is 10.1 Å². The van der Waals surface area contributed by atoms with Crippen molar-refractivity contribution in [2.45, 2.75) is 18.3 Å². The van der Waals surface area contributed by atoms with E-state index in [9.17, 15) is 14.0 Å². The lowest BCUT2D eigenvalue weighted by Gasteiger charge is -2.38. The largest absolute Gasteiger partial charge is 0.381 e. The molecule has 0 unspecified atom stereocenters. The number of carbonyl (C=O) groups is 1. The van der Waals surface area contributed by atoms with Crippen molar-refractivity contribution in [3.63, 3.8) is 0 Å². The normalized spacial score (nSPS) is 15.9. The average Bonchev–Trinajstić information content (AvgIpc) is 2.75. The first-order chi connectivity index (χ1) is 14.0. The van der Waals surface area contributed by atoms with E-state index in [-0.39, 0.29) is 23.0 Å². The van der Waals surface area contributed by atoms with Crippen LogP contribution in [0, 0.1) is 5.82 Å². The van der Waals surface area contributed by atoms with Gasteiger partial charge in [0.1, 0.15) is 5.82 Å². The number of amides is 1. The molecule has 0 saturated carbocycles. The number of aryl methyl sites for hydroxylation is 1. The lowest BCUT2D eigenvalue weighted by atomic mass is 9.74. The Balaban J connectivity index is 1.65. The van der Waals surface area contributed by atoms with Crippen molar-refractivity contribution < 1.29 is 13.9 Å². The summed E-state index contributed by atoms with van der Waals surface area (Å²) in [6.45, 7) is 1.43. The second-order valence-electron chi connectivity index (χ2n) is 7.41. The van der Waals surface area contributed by atoms with Crippen LogP contribution in [0.15, 0.2) is 53.3 Å². The molecule has 1 saturated heterocycles. The molecule has 0 radical (unpaired) electrons. The molecule has 0 atom stereocenters. The van der Waals surface area contributed by atoms with Crippen LogP contribution in [0.2, 0.25) is 0 Å². The number of hydrogen-bond acceptors (Lipinski definition) is 4. The van der Waals surface area contributed by atoms with Gasteiger partial charge in [-0.15, -0.1) is 0 Å². The molecule has 6 nitrogen and oxygen atoms in total. The van der Waals surface area contributed by atoms with E-state index in [2.05, 4.69) is 10.4 Å². The summed E-state index contributed by atoms with van der Waals surface area (Å²) in [5.41, 5.74) is 0.383. The molecular formula is C22H22FN3O3. The summed E-state index contributed by atoms with van der Waals surface area (Å²) >= 11 is 0. The van der Waals surface area contributed by atoms with Crippen LogP contribution in [0.3, 0.4) is 0 Å². The third kappa shape index (κ3) is 3.65. The molecular weight excluding hydrogens is 373 g/mol. The number of benzene rings is 2. The number of carbonyl (C=O) groups excluding carboxylic acids is 1. The van der Waals surface area contributed by atoms with E-state index in [1.54, 1.807) is 30.3 Å². The molecule has 0 bridgehead atoms. The summed E-state index contributed by atoms with van der Waals surface area (Å²) in [4.78, 5) is 25.3. The van der Waals surface area contributed by atoms with Crippen molar-refractivity contribution in [1.82, 2.24) is 15.1 Å². The van der Waals surface area contributed by atoms with Gasteiger partial charge >= 0.3 is 0 Å². The van der Waals surface area contributed by atoms with Gasteiger partial charge in [0, 0.05) is 37.6 Å². The highest BCUT2D eigenvalue weighted by Crippen LogP contribution is 2.34. The molecule has 1 N–H and O–H groups in total. The first kappa shape index (κ1) is 19.3. The minimum atomic E-state index is -0.410. The third-order valence-electron chi connectivity index (χ3n) is 5.65. The minimum Gasteiger partial charge on any atom is -0.381 e.